The lowest BCUT2D eigenvalue weighted by atomic mass is 10.1. The van der Waals surface area contributed by atoms with Crippen molar-refractivity contribution in [3.8, 4) is 0 Å². The quantitative estimate of drug-likeness (QED) is 0.570. The summed E-state index contributed by atoms with van der Waals surface area (Å²) in [7, 11) is 0. The van der Waals surface area contributed by atoms with Gasteiger partial charge in [0, 0.05) is 29.1 Å². The number of fused-ring (bicyclic) bond motifs is 1. The van der Waals surface area contributed by atoms with Gasteiger partial charge in [0.1, 0.15) is 17.5 Å². The second kappa shape index (κ2) is 7.14. The number of carbonyl (C=O) groups excluding carboxylic acids is 1. The number of hydrogen-bond donors (Lipinski definition) is 3. The van der Waals surface area contributed by atoms with Crippen LogP contribution < -0.4 is 16.0 Å². The van der Waals surface area contributed by atoms with Gasteiger partial charge in [0.25, 0.3) is 0 Å². The maximum absolute atomic E-state index is 13.5. The molecule has 3 heterocycles. The minimum atomic E-state index is -0.480. The van der Waals surface area contributed by atoms with E-state index in [1.54, 1.807) is 16.8 Å². The van der Waals surface area contributed by atoms with Crippen molar-refractivity contribution in [3.63, 3.8) is 0 Å². The molecule has 1 aliphatic carbocycles. The maximum atomic E-state index is 13.5. The normalized spacial score (nSPS) is 17.6. The highest BCUT2D eigenvalue weighted by Crippen LogP contribution is 2.30. The molecule has 0 spiro atoms. The first-order chi connectivity index (χ1) is 14.5. The Hall–Kier alpha value is -3.39. The van der Waals surface area contributed by atoms with E-state index in [0.29, 0.717) is 28.9 Å². The largest absolute Gasteiger partial charge is 0.367 e. The number of carbonyl (C=O) groups is 1. The van der Waals surface area contributed by atoms with Gasteiger partial charge in [-0.3, -0.25) is 4.79 Å². The monoisotopic (exact) mass is 424 g/mol. The summed E-state index contributed by atoms with van der Waals surface area (Å²) in [6.07, 6.45) is 6.06. The fraction of sp³-hybridized carbons (Fsp3) is 0.190. The fourth-order valence-corrected chi connectivity index (χ4v) is 3.49. The molecular weight excluding hydrogens is 407 g/mol. The summed E-state index contributed by atoms with van der Waals surface area (Å²) < 4.78 is 15.2. The van der Waals surface area contributed by atoms with Gasteiger partial charge in [-0.25, -0.2) is 9.37 Å². The summed E-state index contributed by atoms with van der Waals surface area (Å²) in [5, 5.41) is 13.8. The standard InChI is InChI=1S/C21H18ClFN6O/c1-11-12(7-20(30)25-11)6-13-10-24-29-19(27-14-2-3-14)9-18(28-21(13)29)26-15-4-5-17(23)16(22)8-15/h4-6,8-10,14,27H,1-3,7H2,(H,25,30)(H,26,28)/b12-6+. The van der Waals surface area contributed by atoms with Gasteiger partial charge < -0.3 is 16.0 Å². The molecule has 3 N–H and O–H groups in total. The zero-order chi connectivity index (χ0) is 20.8. The number of benzene rings is 1. The third-order valence-corrected chi connectivity index (χ3v) is 5.27. The molecule has 5 rings (SSSR count). The van der Waals surface area contributed by atoms with Crippen molar-refractivity contribution in [1.82, 2.24) is 19.9 Å². The summed E-state index contributed by atoms with van der Waals surface area (Å²) in [5.41, 5.74) is 3.40. The summed E-state index contributed by atoms with van der Waals surface area (Å²) in [6, 6.07) is 6.67. The SMILES string of the molecule is C=C1NC(=O)C/C1=C\c1cnn2c(NC3CC3)cc(Nc3ccc(F)c(Cl)c3)nc12. The molecule has 1 aliphatic heterocycles. The zero-order valence-corrected chi connectivity index (χ0v) is 16.6. The van der Waals surface area contributed by atoms with Crippen molar-refractivity contribution >= 4 is 46.6 Å². The number of nitrogens with one attached hydrogen (secondary N) is 3. The number of hydrogen-bond acceptors (Lipinski definition) is 5. The van der Waals surface area contributed by atoms with Crippen molar-refractivity contribution in [2.45, 2.75) is 25.3 Å². The number of amides is 1. The Morgan fingerprint density at radius 2 is 2.17 bits per heavy atom. The van der Waals surface area contributed by atoms with Gasteiger partial charge >= 0.3 is 0 Å². The Balaban J connectivity index is 1.57. The van der Waals surface area contributed by atoms with E-state index in [0.717, 1.165) is 29.8 Å². The predicted molar refractivity (Wildman–Crippen MR) is 114 cm³/mol. The molecule has 152 valence electrons. The molecule has 2 fully saturated rings. The van der Waals surface area contributed by atoms with Gasteiger partial charge in [-0.2, -0.15) is 9.61 Å². The third kappa shape index (κ3) is 3.61. The highest BCUT2D eigenvalue weighted by molar-refractivity contribution is 6.31. The van der Waals surface area contributed by atoms with E-state index in [-0.39, 0.29) is 17.4 Å². The smallest absolute Gasteiger partial charge is 0.228 e. The van der Waals surface area contributed by atoms with E-state index in [9.17, 15) is 9.18 Å². The molecule has 2 aromatic heterocycles. The predicted octanol–water partition coefficient (Wildman–Crippen LogP) is 4.26. The summed E-state index contributed by atoms with van der Waals surface area (Å²) in [4.78, 5) is 16.3. The molecule has 1 saturated heterocycles. The van der Waals surface area contributed by atoms with Crippen LogP contribution in [0.4, 0.5) is 21.7 Å². The van der Waals surface area contributed by atoms with Crippen LogP contribution in [0, 0.1) is 5.82 Å². The van der Waals surface area contributed by atoms with Crippen LogP contribution in [0.1, 0.15) is 24.8 Å². The third-order valence-electron chi connectivity index (χ3n) is 4.98. The highest BCUT2D eigenvalue weighted by atomic mass is 35.5. The van der Waals surface area contributed by atoms with Crippen LogP contribution in [0.3, 0.4) is 0 Å². The van der Waals surface area contributed by atoms with Crippen LogP contribution in [0.15, 0.2) is 48.3 Å². The van der Waals surface area contributed by atoms with Crippen molar-refractivity contribution < 1.29 is 9.18 Å². The first kappa shape index (κ1) is 18.6. The van der Waals surface area contributed by atoms with E-state index in [1.807, 2.05) is 12.1 Å². The van der Waals surface area contributed by atoms with Crippen molar-refractivity contribution in [2.75, 3.05) is 10.6 Å². The molecular formula is C21H18ClFN6O. The Kier molecular flexibility index (Phi) is 4.43. The lowest BCUT2D eigenvalue weighted by Crippen LogP contribution is -2.10. The van der Waals surface area contributed by atoms with E-state index in [1.165, 1.54) is 12.1 Å². The van der Waals surface area contributed by atoms with E-state index in [4.69, 9.17) is 11.6 Å². The average molecular weight is 425 g/mol. The summed E-state index contributed by atoms with van der Waals surface area (Å²) in [6.45, 7) is 3.88. The first-order valence-electron chi connectivity index (χ1n) is 9.53. The van der Waals surface area contributed by atoms with Crippen LogP contribution >= 0.6 is 11.6 Å². The molecule has 1 aromatic carbocycles. The highest BCUT2D eigenvalue weighted by Gasteiger charge is 2.24. The van der Waals surface area contributed by atoms with Gasteiger partial charge in [-0.1, -0.05) is 18.2 Å². The molecule has 2 aliphatic rings. The van der Waals surface area contributed by atoms with Crippen LogP contribution in [0.2, 0.25) is 5.02 Å². The number of halogens is 2. The van der Waals surface area contributed by atoms with E-state index < -0.39 is 5.82 Å². The molecule has 0 atom stereocenters. The summed E-state index contributed by atoms with van der Waals surface area (Å²) in [5.74, 6) is 0.795. The lowest BCUT2D eigenvalue weighted by Gasteiger charge is -2.12. The second-order valence-corrected chi connectivity index (χ2v) is 7.81. The fourth-order valence-electron chi connectivity index (χ4n) is 3.31. The molecule has 7 nitrogen and oxygen atoms in total. The zero-order valence-electron chi connectivity index (χ0n) is 15.9. The molecule has 30 heavy (non-hydrogen) atoms. The van der Waals surface area contributed by atoms with Crippen LogP contribution in [0.5, 0.6) is 0 Å². The molecule has 1 amide bonds. The van der Waals surface area contributed by atoms with Crippen LogP contribution in [-0.4, -0.2) is 26.5 Å². The minimum absolute atomic E-state index is 0.0316. The molecule has 1 saturated carbocycles. The summed E-state index contributed by atoms with van der Waals surface area (Å²) >= 11 is 5.90. The van der Waals surface area contributed by atoms with E-state index >= 15 is 0 Å². The minimum Gasteiger partial charge on any atom is -0.367 e. The van der Waals surface area contributed by atoms with Crippen molar-refractivity contribution in [2.24, 2.45) is 0 Å². The van der Waals surface area contributed by atoms with Crippen LogP contribution in [-0.2, 0) is 4.79 Å². The Labute approximate surface area is 176 Å². The number of aromatic nitrogens is 3. The second-order valence-electron chi connectivity index (χ2n) is 7.41. The molecule has 0 unspecified atom stereocenters. The van der Waals surface area contributed by atoms with Gasteiger partial charge in [-0.15, -0.1) is 0 Å². The molecule has 3 aromatic rings. The molecule has 0 radical (unpaired) electrons. The number of rotatable bonds is 5. The molecule has 9 heteroatoms. The maximum Gasteiger partial charge on any atom is 0.228 e. The van der Waals surface area contributed by atoms with Gasteiger partial charge in [0.15, 0.2) is 5.65 Å². The number of anilines is 3. The Morgan fingerprint density at radius 1 is 1.33 bits per heavy atom. The Bertz CT molecular complexity index is 1230. The average Bonchev–Trinajstić information content (AvgIpc) is 3.34. The van der Waals surface area contributed by atoms with Gasteiger partial charge in [0.2, 0.25) is 5.91 Å². The topological polar surface area (TPSA) is 83.4 Å². The molecule has 0 bridgehead atoms. The number of allylic oxidation sites excluding steroid dienone is 1. The Morgan fingerprint density at radius 3 is 2.87 bits per heavy atom. The van der Waals surface area contributed by atoms with E-state index in [2.05, 4.69) is 32.6 Å². The lowest BCUT2D eigenvalue weighted by molar-refractivity contribution is -0.118. The van der Waals surface area contributed by atoms with Gasteiger partial charge in [-0.05, 0) is 42.7 Å². The van der Waals surface area contributed by atoms with Crippen LogP contribution in [0.25, 0.3) is 11.7 Å². The first-order valence-corrected chi connectivity index (χ1v) is 9.91. The van der Waals surface area contributed by atoms with Crippen molar-refractivity contribution in [1.29, 1.82) is 0 Å². The number of nitrogens with zero attached hydrogens (tertiary/aromatic N) is 3. The van der Waals surface area contributed by atoms with Crippen molar-refractivity contribution in [3.05, 3.63) is 64.7 Å². The van der Waals surface area contributed by atoms with Gasteiger partial charge in [0.05, 0.1) is 17.6 Å².